The van der Waals surface area contributed by atoms with Gasteiger partial charge in [0.25, 0.3) is 10.0 Å². The fourth-order valence-corrected chi connectivity index (χ4v) is 7.15. The number of carbonyl (C=O) groups excluding carboxylic acids is 2. The first kappa shape index (κ1) is 37.6. The predicted molar refractivity (Wildman–Crippen MR) is 194 cm³/mol. The molecule has 260 valence electrons. The van der Waals surface area contributed by atoms with Gasteiger partial charge in [-0.15, -0.1) is 0 Å². The number of sulfonamides is 1. The van der Waals surface area contributed by atoms with Crippen molar-refractivity contribution in [3.8, 4) is 11.5 Å². The molecule has 0 fully saturated rings. The first-order valence-electron chi connectivity index (χ1n) is 15.5. The molecule has 0 saturated heterocycles. The lowest BCUT2D eigenvalue weighted by atomic mass is 10.0. The van der Waals surface area contributed by atoms with Gasteiger partial charge in [-0.1, -0.05) is 77.3 Å². The molecule has 2 amide bonds. The number of anilines is 1. The van der Waals surface area contributed by atoms with Gasteiger partial charge in [0, 0.05) is 40.2 Å². The van der Waals surface area contributed by atoms with E-state index in [1.165, 1.54) is 37.3 Å². The molecule has 0 heterocycles. The second-order valence-electron chi connectivity index (χ2n) is 12.5. The average molecular weight is 727 g/mol. The predicted octanol–water partition coefficient (Wildman–Crippen LogP) is 7.07. The average Bonchev–Trinajstić information content (AvgIpc) is 3.06. The van der Waals surface area contributed by atoms with Gasteiger partial charge in [-0.2, -0.15) is 0 Å². The van der Waals surface area contributed by atoms with E-state index in [0.717, 1.165) is 15.4 Å². The maximum Gasteiger partial charge on any atom is 0.264 e. The van der Waals surface area contributed by atoms with Crippen LogP contribution in [-0.4, -0.2) is 57.5 Å². The smallest absolute Gasteiger partial charge is 0.264 e. The Kier molecular flexibility index (Phi) is 12.2. The highest BCUT2D eigenvalue weighted by Gasteiger charge is 2.36. The minimum Gasteiger partial charge on any atom is -0.493 e. The van der Waals surface area contributed by atoms with E-state index in [2.05, 4.69) is 5.32 Å². The summed E-state index contributed by atoms with van der Waals surface area (Å²) in [6.07, 6.45) is 0.142. The largest absolute Gasteiger partial charge is 0.493 e. The zero-order valence-electron chi connectivity index (χ0n) is 28.4. The number of benzene rings is 4. The molecule has 1 atom stereocenters. The number of aryl methyl sites for hydroxylation is 1. The zero-order chi connectivity index (χ0) is 35.9. The normalized spacial score (nSPS) is 12.2. The molecular formula is C37H41Cl2N3O6S. The molecule has 4 aromatic carbocycles. The van der Waals surface area contributed by atoms with E-state index in [0.29, 0.717) is 21.4 Å². The van der Waals surface area contributed by atoms with Gasteiger partial charge < -0.3 is 19.7 Å². The molecule has 0 spiro atoms. The summed E-state index contributed by atoms with van der Waals surface area (Å²) < 4.78 is 40.6. The molecule has 49 heavy (non-hydrogen) atoms. The topological polar surface area (TPSA) is 105 Å². The Bertz CT molecular complexity index is 1860. The standard InChI is InChI=1S/C37H41Cl2N3O6S/c1-25-15-17-27(18-16-25)42(49(45,46)28-19-20-33(47-5)34(22-28)48-6)24-35(43)41(23-29-30(38)13-10-14-31(29)39)32(36(44)40-37(2,3)4)21-26-11-8-7-9-12-26/h7-20,22,32H,21,23-24H2,1-6H3,(H,40,44)/t32-/m0/s1. The number of amides is 2. The fraction of sp³-hybridized carbons (Fsp3) is 0.297. The van der Waals surface area contributed by atoms with Crippen LogP contribution in [0.15, 0.2) is 95.9 Å². The summed E-state index contributed by atoms with van der Waals surface area (Å²) in [5.74, 6) is -0.519. The summed E-state index contributed by atoms with van der Waals surface area (Å²) in [6, 6.07) is 24.2. The highest BCUT2D eigenvalue weighted by atomic mass is 35.5. The summed E-state index contributed by atoms with van der Waals surface area (Å²) in [7, 11) is -1.52. The molecule has 0 aromatic heterocycles. The minimum absolute atomic E-state index is 0.120. The van der Waals surface area contributed by atoms with Crippen molar-refractivity contribution in [2.24, 2.45) is 0 Å². The Labute approximate surface area is 298 Å². The third-order valence-electron chi connectivity index (χ3n) is 7.70. The minimum atomic E-state index is -4.38. The van der Waals surface area contributed by atoms with E-state index < -0.39 is 40.0 Å². The molecule has 0 radical (unpaired) electrons. The Morgan fingerprint density at radius 2 is 1.45 bits per heavy atom. The maximum atomic E-state index is 14.7. The SMILES string of the molecule is COc1ccc(S(=O)(=O)N(CC(=O)N(Cc2c(Cl)cccc2Cl)[C@@H](Cc2ccccc2)C(=O)NC(C)(C)C)c2ccc(C)cc2)cc1OC. The second kappa shape index (κ2) is 16.0. The summed E-state index contributed by atoms with van der Waals surface area (Å²) in [4.78, 5) is 30.1. The molecule has 9 nitrogen and oxygen atoms in total. The quantitative estimate of drug-likeness (QED) is 0.158. The summed E-state index contributed by atoms with van der Waals surface area (Å²) in [5, 5.41) is 3.60. The van der Waals surface area contributed by atoms with E-state index in [1.54, 1.807) is 42.5 Å². The van der Waals surface area contributed by atoms with Crippen LogP contribution in [0.5, 0.6) is 11.5 Å². The van der Waals surface area contributed by atoms with Crippen molar-refractivity contribution < 1.29 is 27.5 Å². The molecule has 0 aliphatic carbocycles. The number of nitrogens with one attached hydrogen (secondary N) is 1. The summed E-state index contributed by atoms with van der Waals surface area (Å²) >= 11 is 13.2. The number of rotatable bonds is 13. The molecule has 4 aromatic rings. The Balaban J connectivity index is 1.87. The maximum absolute atomic E-state index is 14.7. The number of halogens is 2. The highest BCUT2D eigenvalue weighted by molar-refractivity contribution is 7.92. The van der Waals surface area contributed by atoms with Crippen LogP contribution in [0.2, 0.25) is 10.0 Å². The van der Waals surface area contributed by atoms with E-state index in [-0.39, 0.29) is 29.3 Å². The van der Waals surface area contributed by atoms with Crippen LogP contribution in [-0.2, 0) is 32.6 Å². The van der Waals surface area contributed by atoms with Crippen molar-refractivity contribution >= 4 is 50.7 Å². The first-order valence-corrected chi connectivity index (χ1v) is 17.7. The lowest BCUT2D eigenvalue weighted by Crippen LogP contribution is -2.56. The number of hydrogen-bond acceptors (Lipinski definition) is 6. The molecule has 12 heteroatoms. The molecule has 4 rings (SSSR count). The number of hydrogen-bond donors (Lipinski definition) is 1. The third-order valence-corrected chi connectivity index (χ3v) is 10.2. The second-order valence-corrected chi connectivity index (χ2v) is 15.2. The van der Waals surface area contributed by atoms with Crippen molar-refractivity contribution in [1.29, 1.82) is 0 Å². The van der Waals surface area contributed by atoms with E-state index in [1.807, 2.05) is 58.0 Å². The fourth-order valence-electron chi connectivity index (χ4n) is 5.20. The van der Waals surface area contributed by atoms with Crippen molar-refractivity contribution in [3.63, 3.8) is 0 Å². The highest BCUT2D eigenvalue weighted by Crippen LogP contribution is 2.33. The zero-order valence-corrected chi connectivity index (χ0v) is 30.7. The van der Waals surface area contributed by atoms with Crippen LogP contribution in [0.1, 0.15) is 37.5 Å². The van der Waals surface area contributed by atoms with Gasteiger partial charge in [0.2, 0.25) is 11.8 Å². The van der Waals surface area contributed by atoms with Gasteiger partial charge in [0.15, 0.2) is 11.5 Å². The monoisotopic (exact) mass is 725 g/mol. The number of nitrogens with zero attached hydrogens (tertiary/aromatic N) is 2. The number of methoxy groups -OCH3 is 2. The van der Waals surface area contributed by atoms with Gasteiger partial charge in [0.05, 0.1) is 24.8 Å². The van der Waals surface area contributed by atoms with Crippen molar-refractivity contribution in [3.05, 3.63) is 118 Å². The summed E-state index contributed by atoms with van der Waals surface area (Å²) in [6.45, 7) is 6.60. The molecule has 0 aliphatic rings. The van der Waals surface area contributed by atoms with E-state index in [4.69, 9.17) is 32.7 Å². The number of carbonyl (C=O) groups is 2. The first-order chi connectivity index (χ1) is 23.1. The van der Waals surface area contributed by atoms with Gasteiger partial charge in [-0.3, -0.25) is 13.9 Å². The Morgan fingerprint density at radius 3 is 2.02 bits per heavy atom. The molecule has 1 N–H and O–H groups in total. The van der Waals surface area contributed by atoms with Crippen LogP contribution < -0.4 is 19.1 Å². The van der Waals surface area contributed by atoms with E-state index in [9.17, 15) is 18.0 Å². The van der Waals surface area contributed by atoms with Gasteiger partial charge in [-0.05, 0) is 69.7 Å². The van der Waals surface area contributed by atoms with Gasteiger partial charge in [-0.25, -0.2) is 8.42 Å². The van der Waals surface area contributed by atoms with Crippen LogP contribution in [0.25, 0.3) is 0 Å². The third kappa shape index (κ3) is 9.47. The van der Waals surface area contributed by atoms with Crippen LogP contribution in [0.4, 0.5) is 5.69 Å². The van der Waals surface area contributed by atoms with Crippen molar-refractivity contribution in [1.82, 2.24) is 10.2 Å². The van der Waals surface area contributed by atoms with Crippen molar-refractivity contribution in [2.45, 2.75) is 57.1 Å². The Hall–Kier alpha value is -4.25. The molecule has 0 bridgehead atoms. The lowest BCUT2D eigenvalue weighted by Gasteiger charge is -2.35. The van der Waals surface area contributed by atoms with Crippen LogP contribution >= 0.6 is 23.2 Å². The molecular weight excluding hydrogens is 685 g/mol. The molecule has 0 unspecified atom stereocenters. The van der Waals surface area contributed by atoms with Crippen molar-refractivity contribution in [2.75, 3.05) is 25.1 Å². The van der Waals surface area contributed by atoms with E-state index >= 15 is 0 Å². The summed E-state index contributed by atoms with van der Waals surface area (Å²) in [5.41, 5.74) is 1.74. The van der Waals surface area contributed by atoms with Crippen LogP contribution in [0, 0.1) is 6.92 Å². The molecule has 0 saturated carbocycles. The van der Waals surface area contributed by atoms with Gasteiger partial charge in [0.1, 0.15) is 12.6 Å². The van der Waals surface area contributed by atoms with Crippen LogP contribution in [0.3, 0.4) is 0 Å². The van der Waals surface area contributed by atoms with Gasteiger partial charge >= 0.3 is 0 Å². The number of ether oxygens (including phenoxy) is 2. The molecule has 0 aliphatic heterocycles. The lowest BCUT2D eigenvalue weighted by molar-refractivity contribution is -0.140. The Morgan fingerprint density at radius 1 is 0.837 bits per heavy atom.